The van der Waals surface area contributed by atoms with Gasteiger partial charge in [-0.1, -0.05) is 0 Å². The highest BCUT2D eigenvalue weighted by Gasteiger charge is 2.21. The first kappa shape index (κ1) is 13.6. The third kappa shape index (κ3) is 6.09. The van der Waals surface area contributed by atoms with Crippen LogP contribution in [0.1, 0.15) is 13.8 Å². The first-order valence-corrected chi connectivity index (χ1v) is 6.46. The van der Waals surface area contributed by atoms with Crippen LogP contribution in [0.2, 0.25) is 0 Å². The van der Waals surface area contributed by atoms with E-state index in [0.29, 0.717) is 0 Å². The Kier molecular flexibility index (Phi) is 6.73. The fourth-order valence-corrected chi connectivity index (χ4v) is 1.79. The fourth-order valence-electron chi connectivity index (χ4n) is 0.557. The lowest BCUT2D eigenvalue weighted by atomic mass is 10.9. The summed E-state index contributed by atoms with van der Waals surface area (Å²) < 4.78 is 35.1. The molecule has 14 heavy (non-hydrogen) atoms. The smallest absolute Gasteiger partial charge is 0.300 e. The van der Waals surface area contributed by atoms with Crippen molar-refractivity contribution in [1.82, 2.24) is 0 Å². The van der Waals surface area contributed by atoms with Gasteiger partial charge in [0.05, 0.1) is 18.9 Å². The van der Waals surface area contributed by atoms with E-state index in [1.165, 1.54) is 0 Å². The van der Waals surface area contributed by atoms with Crippen molar-refractivity contribution in [1.29, 1.82) is 0 Å². The molecule has 0 aliphatic rings. The average molecular weight is 241 g/mol. The Balaban J connectivity index is 4.39. The van der Waals surface area contributed by atoms with E-state index in [1.54, 1.807) is 20.0 Å². The molecule has 0 aromatic rings. The summed E-state index contributed by atoms with van der Waals surface area (Å²) in [6, 6.07) is 0. The van der Waals surface area contributed by atoms with E-state index in [4.69, 9.17) is 13.9 Å². The third-order valence-electron chi connectivity index (χ3n) is 0.904. The van der Waals surface area contributed by atoms with Gasteiger partial charge in [0.15, 0.2) is 6.11 Å². The van der Waals surface area contributed by atoms with Crippen molar-refractivity contribution in [2.75, 3.05) is 13.2 Å². The third-order valence-corrected chi connectivity index (χ3v) is 2.71. The van der Waals surface area contributed by atoms with E-state index in [9.17, 15) is 9.13 Å². The van der Waals surface area contributed by atoms with Crippen LogP contribution in [0, 0.1) is 11.8 Å². The van der Waals surface area contributed by atoms with Crippen LogP contribution < -0.4 is 0 Å². The number of hydrogen-bond donors (Lipinski definition) is 1. The van der Waals surface area contributed by atoms with Gasteiger partial charge in [0.2, 0.25) is 0 Å². The summed E-state index contributed by atoms with van der Waals surface area (Å²) in [7, 11) is -6.33. The number of hydrogen-bond acceptors (Lipinski definition) is 5. The zero-order valence-corrected chi connectivity index (χ0v) is 9.59. The maximum Gasteiger partial charge on any atom is 0.756 e. The molecule has 0 heterocycles. The highest BCUT2D eigenvalue weighted by molar-refractivity contribution is 7.59. The molecule has 0 saturated carbocycles. The predicted octanol–water partition coefficient (Wildman–Crippen LogP) is 1.84. The van der Waals surface area contributed by atoms with E-state index in [2.05, 4.69) is 4.52 Å². The van der Waals surface area contributed by atoms with E-state index in [1.807, 2.05) is 5.66 Å². The summed E-state index contributed by atoms with van der Waals surface area (Å²) in [5, 5.41) is 0. The first-order valence-electron chi connectivity index (χ1n) is 3.78. The highest BCUT2D eigenvalue weighted by atomic mass is 31.2. The number of rotatable bonds is 5. The maximum absolute atomic E-state index is 11.5. The molecule has 0 rings (SSSR count). The molecule has 80 valence electrons. The Hall–Kier alpha value is -0.430. The minimum atomic E-state index is -3.50. The van der Waals surface area contributed by atoms with Crippen LogP contribution in [0.15, 0.2) is 0 Å². The average Bonchev–Trinajstić information content (AvgIpc) is 2.03. The van der Waals surface area contributed by atoms with Gasteiger partial charge in [-0.25, -0.2) is 4.57 Å². The molecule has 0 amide bonds. The van der Waals surface area contributed by atoms with Gasteiger partial charge in [-0.2, -0.15) is 4.52 Å². The molecule has 0 saturated heterocycles. The van der Waals surface area contributed by atoms with Crippen LogP contribution in [0.5, 0.6) is 0 Å². The Morgan fingerprint density at radius 1 is 1.36 bits per heavy atom. The largest absolute Gasteiger partial charge is 0.756 e. The summed E-state index contributed by atoms with van der Waals surface area (Å²) in [6.07, 6.45) is 1.80. The van der Waals surface area contributed by atoms with Crippen LogP contribution in [-0.2, 0) is 22.7 Å². The van der Waals surface area contributed by atoms with Gasteiger partial charge in [0.1, 0.15) is 0 Å². The van der Waals surface area contributed by atoms with Crippen LogP contribution in [-0.4, -0.2) is 18.1 Å². The van der Waals surface area contributed by atoms with E-state index < -0.39 is 15.9 Å². The quantitative estimate of drug-likeness (QED) is 0.584. The topological polar surface area (TPSA) is 82.1 Å². The van der Waals surface area contributed by atoms with E-state index >= 15 is 0 Å². The van der Waals surface area contributed by atoms with Crippen molar-refractivity contribution >= 4 is 15.9 Å². The van der Waals surface area contributed by atoms with Gasteiger partial charge >= 0.3 is 15.9 Å². The van der Waals surface area contributed by atoms with Crippen LogP contribution in [0.3, 0.4) is 0 Å². The zero-order valence-electron chi connectivity index (χ0n) is 7.80. The Morgan fingerprint density at radius 3 is 2.21 bits per heavy atom. The lowest BCUT2D eigenvalue weighted by Gasteiger charge is -2.08. The second kappa shape index (κ2) is 6.94. The van der Waals surface area contributed by atoms with Crippen LogP contribution in [0.25, 0.3) is 0 Å². The minimum absolute atomic E-state index is 0.164. The van der Waals surface area contributed by atoms with Gasteiger partial charge in [-0.3, -0.25) is 9.05 Å². The Bertz CT molecular complexity index is 280. The second-order valence-corrected chi connectivity index (χ2v) is 4.27. The highest BCUT2D eigenvalue weighted by Crippen LogP contribution is 2.46. The van der Waals surface area contributed by atoms with Gasteiger partial charge in [-0.15, -0.1) is 4.89 Å². The fraction of sp³-hybridized carbons (Fsp3) is 0.667. The molecular formula is C6H11O6P2+. The van der Waals surface area contributed by atoms with Crippen molar-refractivity contribution in [3.63, 3.8) is 0 Å². The van der Waals surface area contributed by atoms with Crippen molar-refractivity contribution in [3.05, 3.63) is 0 Å². The molecule has 0 bridgehead atoms. The van der Waals surface area contributed by atoms with Crippen molar-refractivity contribution < 1.29 is 27.6 Å². The molecule has 8 heteroatoms. The Morgan fingerprint density at radius 2 is 1.86 bits per heavy atom. The molecule has 0 aliphatic carbocycles. The van der Waals surface area contributed by atoms with Gasteiger partial charge in [0, 0.05) is 4.57 Å². The van der Waals surface area contributed by atoms with E-state index in [-0.39, 0.29) is 13.2 Å². The summed E-state index contributed by atoms with van der Waals surface area (Å²) in [6.45, 7) is 3.58. The molecule has 0 radical (unpaired) electrons. The normalized spacial score (nSPS) is 11.5. The lowest BCUT2D eigenvalue weighted by Crippen LogP contribution is -1.92. The molecule has 0 aromatic carbocycles. The molecular weight excluding hydrogens is 230 g/mol. The molecule has 1 N–H and O–H groups in total. The molecule has 0 fully saturated rings. The summed E-state index contributed by atoms with van der Waals surface area (Å²) in [4.78, 5) is 8.22. The van der Waals surface area contributed by atoms with Gasteiger partial charge in [0.25, 0.3) is 0 Å². The van der Waals surface area contributed by atoms with Gasteiger partial charge in [-0.05, 0) is 13.8 Å². The predicted molar refractivity (Wildman–Crippen MR) is 49.5 cm³/mol. The summed E-state index contributed by atoms with van der Waals surface area (Å²) >= 11 is 0. The maximum atomic E-state index is 11.5. The lowest BCUT2D eigenvalue weighted by molar-refractivity contribution is 0.230. The summed E-state index contributed by atoms with van der Waals surface area (Å²) in [5.41, 5.74) is 2.02. The second-order valence-electron chi connectivity index (χ2n) is 1.88. The molecule has 1 unspecified atom stereocenters. The van der Waals surface area contributed by atoms with Crippen molar-refractivity contribution in [3.8, 4) is 11.8 Å². The van der Waals surface area contributed by atoms with Crippen LogP contribution >= 0.6 is 15.9 Å². The van der Waals surface area contributed by atoms with Crippen molar-refractivity contribution in [2.24, 2.45) is 0 Å². The standard InChI is InChI=1S/C6H10O6P2/c1-3-11-14(9,12-4-2)6-5-10-13(7)8/h3-4H2,1-2H3/p+1. The van der Waals surface area contributed by atoms with Crippen LogP contribution in [0.4, 0.5) is 0 Å². The zero-order chi connectivity index (χ0) is 11.0. The molecule has 0 aromatic heterocycles. The summed E-state index contributed by atoms with van der Waals surface area (Å²) in [5.74, 6) is 0. The molecule has 0 spiro atoms. The monoisotopic (exact) mass is 241 g/mol. The minimum Gasteiger partial charge on any atom is -0.300 e. The first-order chi connectivity index (χ1) is 6.54. The van der Waals surface area contributed by atoms with Gasteiger partial charge < -0.3 is 0 Å². The van der Waals surface area contributed by atoms with Crippen molar-refractivity contribution in [2.45, 2.75) is 13.8 Å². The van der Waals surface area contributed by atoms with E-state index in [0.717, 1.165) is 0 Å². The molecule has 0 aliphatic heterocycles. The molecule has 1 atom stereocenters. The Labute approximate surface area is 83.0 Å². The SMILES string of the molecule is CCOP(=O)(C#CO[P+](=O)O)OCC. The molecule has 6 nitrogen and oxygen atoms in total.